The van der Waals surface area contributed by atoms with Crippen molar-refractivity contribution in [3.8, 4) is 5.75 Å². The molecule has 4 heteroatoms. The summed E-state index contributed by atoms with van der Waals surface area (Å²) >= 11 is 0. The first-order chi connectivity index (χ1) is 10.2. The van der Waals surface area contributed by atoms with Gasteiger partial charge in [-0.2, -0.15) is 0 Å². The Morgan fingerprint density at radius 3 is 2.76 bits per heavy atom. The van der Waals surface area contributed by atoms with Crippen LogP contribution in [0.15, 0.2) is 24.3 Å². The maximum atomic E-state index is 12.6. The number of ether oxygens (including phenoxy) is 1. The van der Waals surface area contributed by atoms with Gasteiger partial charge in [0.1, 0.15) is 5.75 Å². The van der Waals surface area contributed by atoms with Gasteiger partial charge in [-0.05, 0) is 57.5 Å². The molecule has 1 saturated heterocycles. The Kier molecular flexibility index (Phi) is 5.62. The van der Waals surface area contributed by atoms with Crippen LogP contribution in [0.2, 0.25) is 0 Å². The molecule has 1 aromatic carbocycles. The Bertz CT molecular complexity index is 458. The smallest absolute Gasteiger partial charge is 0.254 e. The molecule has 1 fully saturated rings. The molecule has 2 unspecified atom stereocenters. The molecular weight excluding hydrogens is 264 g/mol. The molecular formula is C17H26N2O2. The molecule has 0 aromatic heterocycles. The first-order valence-corrected chi connectivity index (χ1v) is 7.88. The molecule has 0 aliphatic carbocycles. The summed E-state index contributed by atoms with van der Waals surface area (Å²) in [6.45, 7) is 5.86. The van der Waals surface area contributed by atoms with Crippen molar-refractivity contribution in [2.75, 3.05) is 20.1 Å². The molecule has 1 aromatic rings. The lowest BCUT2D eigenvalue weighted by atomic mass is 10.1. The quantitative estimate of drug-likeness (QED) is 0.876. The van der Waals surface area contributed by atoms with Gasteiger partial charge in [0.15, 0.2) is 0 Å². The van der Waals surface area contributed by atoms with Gasteiger partial charge in [0.05, 0.1) is 6.10 Å². The fraction of sp³-hybridized carbons (Fsp3) is 0.588. The number of benzene rings is 1. The maximum absolute atomic E-state index is 12.6. The van der Waals surface area contributed by atoms with Crippen LogP contribution in [-0.2, 0) is 0 Å². The summed E-state index contributed by atoms with van der Waals surface area (Å²) in [5.41, 5.74) is 0.745. The fourth-order valence-electron chi connectivity index (χ4n) is 2.71. The number of likely N-dealkylation sites (N-methyl/N-ethyl adjacent to an activating group) is 1. The number of amides is 1. The Morgan fingerprint density at radius 1 is 1.43 bits per heavy atom. The van der Waals surface area contributed by atoms with E-state index in [2.05, 4.69) is 12.2 Å². The normalized spacial score (nSPS) is 19.6. The molecule has 2 rings (SSSR count). The predicted molar refractivity (Wildman–Crippen MR) is 84.8 cm³/mol. The van der Waals surface area contributed by atoms with Crippen LogP contribution in [0.4, 0.5) is 0 Å². The van der Waals surface area contributed by atoms with Crippen LogP contribution in [0.1, 0.15) is 43.5 Å². The molecule has 1 heterocycles. The van der Waals surface area contributed by atoms with Crippen molar-refractivity contribution in [3.05, 3.63) is 29.8 Å². The van der Waals surface area contributed by atoms with E-state index in [1.807, 2.05) is 43.1 Å². The van der Waals surface area contributed by atoms with Crippen molar-refractivity contribution in [1.82, 2.24) is 10.2 Å². The SMILES string of the molecule is CCC(C)Oc1ccc(C(=O)N2CCCC2CNC)cc1. The lowest BCUT2D eigenvalue weighted by Crippen LogP contribution is -2.40. The van der Waals surface area contributed by atoms with Gasteiger partial charge >= 0.3 is 0 Å². The van der Waals surface area contributed by atoms with Crippen LogP contribution in [0.3, 0.4) is 0 Å². The van der Waals surface area contributed by atoms with Crippen LogP contribution in [0, 0.1) is 0 Å². The van der Waals surface area contributed by atoms with Gasteiger partial charge in [-0.15, -0.1) is 0 Å². The summed E-state index contributed by atoms with van der Waals surface area (Å²) in [6.07, 6.45) is 3.35. The number of carbonyl (C=O) groups is 1. The van der Waals surface area contributed by atoms with Crippen molar-refractivity contribution in [2.45, 2.75) is 45.3 Å². The van der Waals surface area contributed by atoms with E-state index < -0.39 is 0 Å². The van der Waals surface area contributed by atoms with E-state index in [-0.39, 0.29) is 12.0 Å². The highest BCUT2D eigenvalue weighted by Gasteiger charge is 2.28. The van der Waals surface area contributed by atoms with Gasteiger partial charge in [0.2, 0.25) is 0 Å². The van der Waals surface area contributed by atoms with Gasteiger partial charge in [-0.3, -0.25) is 4.79 Å². The molecule has 0 radical (unpaired) electrons. The van der Waals surface area contributed by atoms with E-state index in [4.69, 9.17) is 4.74 Å². The summed E-state index contributed by atoms with van der Waals surface area (Å²) < 4.78 is 5.75. The highest BCUT2D eigenvalue weighted by atomic mass is 16.5. The monoisotopic (exact) mass is 290 g/mol. The molecule has 0 bridgehead atoms. The predicted octanol–water partition coefficient (Wildman–Crippen LogP) is 2.69. The van der Waals surface area contributed by atoms with Gasteiger partial charge in [0.25, 0.3) is 5.91 Å². The second kappa shape index (κ2) is 7.46. The number of rotatable bonds is 6. The molecule has 2 atom stereocenters. The van der Waals surface area contributed by atoms with Crippen molar-refractivity contribution >= 4 is 5.91 Å². The number of nitrogens with zero attached hydrogens (tertiary/aromatic N) is 1. The summed E-state index contributed by atoms with van der Waals surface area (Å²) in [6, 6.07) is 7.84. The van der Waals surface area contributed by atoms with Crippen LogP contribution in [0.25, 0.3) is 0 Å². The third-order valence-electron chi connectivity index (χ3n) is 4.09. The number of hydrogen-bond donors (Lipinski definition) is 1. The van der Waals surface area contributed by atoms with Crippen LogP contribution in [-0.4, -0.2) is 43.1 Å². The Morgan fingerprint density at radius 2 is 2.14 bits per heavy atom. The highest BCUT2D eigenvalue weighted by molar-refractivity contribution is 5.94. The van der Waals surface area contributed by atoms with E-state index in [1.54, 1.807) is 0 Å². The molecule has 116 valence electrons. The third-order valence-corrected chi connectivity index (χ3v) is 4.09. The minimum atomic E-state index is 0.128. The van der Waals surface area contributed by atoms with Crippen molar-refractivity contribution in [3.63, 3.8) is 0 Å². The van der Waals surface area contributed by atoms with E-state index in [0.717, 1.165) is 43.7 Å². The lowest BCUT2D eigenvalue weighted by molar-refractivity contribution is 0.0737. The summed E-state index contributed by atoms with van der Waals surface area (Å²) in [7, 11) is 1.93. The first-order valence-electron chi connectivity index (χ1n) is 7.88. The van der Waals surface area contributed by atoms with E-state index in [0.29, 0.717) is 6.04 Å². The summed E-state index contributed by atoms with van der Waals surface area (Å²) in [5.74, 6) is 0.955. The van der Waals surface area contributed by atoms with Gasteiger partial charge < -0.3 is 15.0 Å². The molecule has 4 nitrogen and oxygen atoms in total. The molecule has 0 spiro atoms. The number of carbonyl (C=O) groups excluding carboxylic acids is 1. The van der Waals surface area contributed by atoms with Gasteiger partial charge in [-0.25, -0.2) is 0 Å². The largest absolute Gasteiger partial charge is 0.491 e. The van der Waals surface area contributed by atoms with Crippen molar-refractivity contribution in [1.29, 1.82) is 0 Å². The molecule has 1 N–H and O–H groups in total. The zero-order valence-electron chi connectivity index (χ0n) is 13.3. The topological polar surface area (TPSA) is 41.6 Å². The molecule has 1 amide bonds. The summed E-state index contributed by atoms with van der Waals surface area (Å²) in [4.78, 5) is 14.6. The molecule has 1 aliphatic rings. The van der Waals surface area contributed by atoms with Crippen molar-refractivity contribution < 1.29 is 9.53 Å². The van der Waals surface area contributed by atoms with Crippen LogP contribution >= 0.6 is 0 Å². The molecule has 21 heavy (non-hydrogen) atoms. The maximum Gasteiger partial charge on any atom is 0.254 e. The Hall–Kier alpha value is -1.55. The Labute approximate surface area is 127 Å². The zero-order valence-corrected chi connectivity index (χ0v) is 13.3. The average Bonchev–Trinajstić information content (AvgIpc) is 2.96. The van der Waals surface area contributed by atoms with Gasteiger partial charge in [0, 0.05) is 24.7 Å². The minimum Gasteiger partial charge on any atom is -0.491 e. The molecule has 1 aliphatic heterocycles. The second-order valence-corrected chi connectivity index (χ2v) is 5.71. The lowest BCUT2D eigenvalue weighted by Gasteiger charge is -2.24. The summed E-state index contributed by atoms with van der Waals surface area (Å²) in [5, 5.41) is 3.17. The average molecular weight is 290 g/mol. The fourth-order valence-corrected chi connectivity index (χ4v) is 2.71. The number of hydrogen-bond acceptors (Lipinski definition) is 3. The van der Waals surface area contributed by atoms with Crippen LogP contribution in [0.5, 0.6) is 5.75 Å². The number of likely N-dealkylation sites (tertiary alicyclic amines) is 1. The van der Waals surface area contributed by atoms with Gasteiger partial charge in [-0.1, -0.05) is 6.92 Å². The van der Waals surface area contributed by atoms with E-state index >= 15 is 0 Å². The number of nitrogens with one attached hydrogen (secondary N) is 1. The minimum absolute atomic E-state index is 0.128. The highest BCUT2D eigenvalue weighted by Crippen LogP contribution is 2.21. The van der Waals surface area contributed by atoms with Crippen LogP contribution < -0.4 is 10.1 Å². The zero-order chi connectivity index (χ0) is 15.2. The molecule has 0 saturated carbocycles. The first kappa shape index (κ1) is 15.8. The third kappa shape index (κ3) is 3.97. The van der Waals surface area contributed by atoms with E-state index in [1.165, 1.54) is 0 Å². The van der Waals surface area contributed by atoms with Crippen molar-refractivity contribution in [2.24, 2.45) is 0 Å². The Balaban J connectivity index is 2.02. The standard InChI is InChI=1S/C17H26N2O2/c1-4-13(2)21-16-9-7-14(8-10-16)17(20)19-11-5-6-15(19)12-18-3/h7-10,13,15,18H,4-6,11-12H2,1-3H3. The van der Waals surface area contributed by atoms with E-state index in [9.17, 15) is 4.79 Å². The second-order valence-electron chi connectivity index (χ2n) is 5.71.